The van der Waals surface area contributed by atoms with Crippen molar-refractivity contribution in [1.29, 1.82) is 0 Å². The first-order valence-corrected chi connectivity index (χ1v) is 11.8. The lowest BCUT2D eigenvalue weighted by Crippen LogP contribution is -2.29. The van der Waals surface area contributed by atoms with Crippen LogP contribution in [0.25, 0.3) is 0 Å². The lowest BCUT2D eigenvalue weighted by Gasteiger charge is -2.16. The Morgan fingerprint density at radius 3 is 2.66 bits per heavy atom. The van der Waals surface area contributed by atoms with Crippen LogP contribution in [0.5, 0.6) is 0 Å². The molecule has 0 aliphatic rings. The Kier molecular flexibility index (Phi) is 8.80. The Hall–Kier alpha value is -3.92. The van der Waals surface area contributed by atoms with Gasteiger partial charge >= 0.3 is 5.97 Å². The number of nitrogens with zero attached hydrogens (tertiary/aromatic N) is 3. The van der Waals surface area contributed by atoms with Gasteiger partial charge in [-0.05, 0) is 43.7 Å². The predicted octanol–water partition coefficient (Wildman–Crippen LogP) is 3.78. The molecule has 3 rings (SSSR count). The van der Waals surface area contributed by atoms with Crippen molar-refractivity contribution in [3.05, 3.63) is 83.7 Å². The monoisotopic (exact) mass is 493 g/mol. The molecule has 1 atom stereocenters. The number of rotatable bonds is 10. The van der Waals surface area contributed by atoms with Crippen LogP contribution < -0.4 is 10.6 Å². The molecule has 3 aromatic rings. The zero-order valence-corrected chi connectivity index (χ0v) is 20.6. The molecule has 2 amide bonds. The molecule has 0 spiro atoms. The molecule has 0 saturated carbocycles. The fourth-order valence-electron chi connectivity index (χ4n) is 3.36. The molecular formula is C25H27N5O4S. The minimum atomic E-state index is -0.482. The Labute approximate surface area is 208 Å². The number of carbonyl (C=O) groups is 3. The van der Waals surface area contributed by atoms with Gasteiger partial charge in [-0.2, -0.15) is 0 Å². The Bertz CT molecular complexity index is 1240. The molecule has 35 heavy (non-hydrogen) atoms. The largest absolute Gasteiger partial charge is 0.465 e. The first-order valence-electron chi connectivity index (χ1n) is 10.9. The van der Waals surface area contributed by atoms with Gasteiger partial charge in [0.1, 0.15) is 0 Å². The van der Waals surface area contributed by atoms with Gasteiger partial charge in [0.15, 0.2) is 11.0 Å². The third-order valence-corrected chi connectivity index (χ3v) is 6.05. The van der Waals surface area contributed by atoms with E-state index < -0.39 is 12.0 Å². The third kappa shape index (κ3) is 6.57. The normalized spacial score (nSPS) is 11.4. The summed E-state index contributed by atoms with van der Waals surface area (Å²) in [5, 5.41) is 14.7. The number of carbonyl (C=O) groups excluding carboxylic acids is 3. The number of thioether (sulfide) groups is 1. The van der Waals surface area contributed by atoms with E-state index in [1.54, 1.807) is 36.4 Å². The number of methoxy groups -OCH3 is 1. The van der Waals surface area contributed by atoms with Crippen molar-refractivity contribution in [3.63, 3.8) is 0 Å². The standard InChI is InChI=1S/C25H27N5O4S/c1-5-13-30-22(17(3)26-23(32)20-12-7-6-9-16(20)2)28-29-25(30)35-15-21(31)27-19-11-8-10-18(14-19)24(33)34-4/h5-12,14,17H,1,13,15H2,2-4H3,(H,26,32)(H,27,31)/t17-/m0/s1. The van der Waals surface area contributed by atoms with Crippen LogP contribution in [0.3, 0.4) is 0 Å². The van der Waals surface area contributed by atoms with E-state index >= 15 is 0 Å². The molecule has 10 heteroatoms. The van der Waals surface area contributed by atoms with Gasteiger partial charge in [0.05, 0.1) is 24.5 Å². The second kappa shape index (κ2) is 12.0. The van der Waals surface area contributed by atoms with Crippen LogP contribution >= 0.6 is 11.8 Å². The molecule has 0 aliphatic carbocycles. The zero-order chi connectivity index (χ0) is 25.4. The van der Waals surface area contributed by atoms with Crippen molar-refractivity contribution in [2.75, 3.05) is 18.2 Å². The maximum Gasteiger partial charge on any atom is 0.337 e. The maximum atomic E-state index is 12.7. The summed E-state index contributed by atoms with van der Waals surface area (Å²) < 4.78 is 6.52. The molecule has 0 bridgehead atoms. The van der Waals surface area contributed by atoms with Crippen molar-refractivity contribution in [3.8, 4) is 0 Å². The topological polar surface area (TPSA) is 115 Å². The van der Waals surface area contributed by atoms with Gasteiger partial charge in [-0.3, -0.25) is 9.59 Å². The fraction of sp³-hybridized carbons (Fsp3) is 0.240. The SMILES string of the molecule is C=CCn1c(SCC(=O)Nc2cccc(C(=O)OC)c2)nnc1[C@H](C)NC(=O)c1ccccc1C. The van der Waals surface area contributed by atoms with Gasteiger partial charge in [-0.1, -0.05) is 42.1 Å². The lowest BCUT2D eigenvalue weighted by molar-refractivity contribution is -0.113. The number of benzene rings is 2. The Morgan fingerprint density at radius 2 is 1.94 bits per heavy atom. The summed E-state index contributed by atoms with van der Waals surface area (Å²) in [7, 11) is 1.30. The van der Waals surface area contributed by atoms with Crippen molar-refractivity contribution in [2.45, 2.75) is 31.6 Å². The molecule has 1 aromatic heterocycles. The lowest BCUT2D eigenvalue weighted by atomic mass is 10.1. The maximum absolute atomic E-state index is 12.7. The number of ether oxygens (including phenoxy) is 1. The highest BCUT2D eigenvalue weighted by Gasteiger charge is 2.21. The smallest absolute Gasteiger partial charge is 0.337 e. The summed E-state index contributed by atoms with van der Waals surface area (Å²) in [6.07, 6.45) is 1.70. The number of nitrogens with one attached hydrogen (secondary N) is 2. The van der Waals surface area contributed by atoms with E-state index in [4.69, 9.17) is 4.74 Å². The average molecular weight is 494 g/mol. The van der Waals surface area contributed by atoms with Crippen LogP contribution in [0, 0.1) is 6.92 Å². The second-order valence-corrected chi connectivity index (χ2v) is 8.60. The number of allylic oxidation sites excluding steroid dienone is 1. The number of aryl methyl sites for hydroxylation is 1. The number of hydrogen-bond acceptors (Lipinski definition) is 7. The summed E-state index contributed by atoms with van der Waals surface area (Å²) in [4.78, 5) is 36.9. The molecule has 182 valence electrons. The molecule has 9 nitrogen and oxygen atoms in total. The van der Waals surface area contributed by atoms with E-state index in [-0.39, 0.29) is 17.6 Å². The highest BCUT2D eigenvalue weighted by atomic mass is 32.2. The molecule has 0 saturated heterocycles. The summed E-state index contributed by atoms with van der Waals surface area (Å²) in [5.74, 6) is -0.328. The van der Waals surface area contributed by atoms with Gasteiger partial charge in [0, 0.05) is 17.8 Å². The summed E-state index contributed by atoms with van der Waals surface area (Å²) in [6.45, 7) is 7.91. The van der Waals surface area contributed by atoms with E-state index in [1.165, 1.54) is 18.9 Å². The van der Waals surface area contributed by atoms with Crippen LogP contribution in [0.1, 0.15) is 45.1 Å². The number of hydrogen-bond donors (Lipinski definition) is 2. The van der Waals surface area contributed by atoms with E-state index in [2.05, 4.69) is 27.4 Å². The van der Waals surface area contributed by atoms with Crippen molar-refractivity contribution < 1.29 is 19.1 Å². The van der Waals surface area contributed by atoms with E-state index in [1.807, 2.05) is 36.6 Å². The van der Waals surface area contributed by atoms with Crippen LogP contribution in [0.2, 0.25) is 0 Å². The van der Waals surface area contributed by atoms with Gasteiger partial charge in [-0.25, -0.2) is 4.79 Å². The highest BCUT2D eigenvalue weighted by Crippen LogP contribution is 2.22. The van der Waals surface area contributed by atoms with Crippen molar-refractivity contribution in [2.24, 2.45) is 0 Å². The second-order valence-electron chi connectivity index (χ2n) is 7.66. The fourth-order valence-corrected chi connectivity index (χ4v) is 4.12. The highest BCUT2D eigenvalue weighted by molar-refractivity contribution is 7.99. The first-order chi connectivity index (χ1) is 16.8. The van der Waals surface area contributed by atoms with Gasteiger partial charge in [0.2, 0.25) is 5.91 Å². The number of anilines is 1. The van der Waals surface area contributed by atoms with Crippen molar-refractivity contribution in [1.82, 2.24) is 20.1 Å². The molecule has 0 unspecified atom stereocenters. The third-order valence-electron chi connectivity index (χ3n) is 5.08. The van der Waals surface area contributed by atoms with E-state index in [0.717, 1.165) is 5.56 Å². The van der Waals surface area contributed by atoms with Crippen molar-refractivity contribution >= 4 is 35.2 Å². The molecule has 0 fully saturated rings. The molecule has 2 N–H and O–H groups in total. The minimum absolute atomic E-state index is 0.0711. The molecule has 0 radical (unpaired) electrons. The van der Waals surface area contributed by atoms with Crippen LogP contribution in [-0.2, 0) is 16.1 Å². The molecule has 1 heterocycles. The predicted molar refractivity (Wildman–Crippen MR) is 134 cm³/mol. The van der Waals surface area contributed by atoms with E-state index in [9.17, 15) is 14.4 Å². The summed E-state index contributed by atoms with van der Waals surface area (Å²) in [5.41, 5.74) is 2.30. The quantitative estimate of drug-likeness (QED) is 0.251. The zero-order valence-electron chi connectivity index (χ0n) is 19.8. The summed E-state index contributed by atoms with van der Waals surface area (Å²) in [6, 6.07) is 13.4. The summed E-state index contributed by atoms with van der Waals surface area (Å²) >= 11 is 1.21. The Morgan fingerprint density at radius 1 is 1.17 bits per heavy atom. The molecule has 0 aliphatic heterocycles. The number of esters is 1. The van der Waals surface area contributed by atoms with Gasteiger partial charge < -0.3 is 19.9 Å². The molecule has 2 aromatic carbocycles. The van der Waals surface area contributed by atoms with Crippen LogP contribution in [0.15, 0.2) is 66.3 Å². The van der Waals surface area contributed by atoms with Crippen LogP contribution in [-0.4, -0.2) is 45.4 Å². The number of amides is 2. The van der Waals surface area contributed by atoms with Gasteiger partial charge in [0.25, 0.3) is 5.91 Å². The average Bonchev–Trinajstić information content (AvgIpc) is 3.25. The van der Waals surface area contributed by atoms with Gasteiger partial charge in [-0.15, -0.1) is 16.8 Å². The molecular weight excluding hydrogens is 466 g/mol. The Balaban J connectivity index is 1.66. The number of aromatic nitrogens is 3. The minimum Gasteiger partial charge on any atom is -0.465 e. The first kappa shape index (κ1) is 25.7. The van der Waals surface area contributed by atoms with Crippen LogP contribution in [0.4, 0.5) is 5.69 Å². The van der Waals surface area contributed by atoms with E-state index in [0.29, 0.717) is 34.3 Å².